The number of nitrogens with zero attached hydrogens (tertiary/aromatic N) is 2. The van der Waals surface area contributed by atoms with Crippen molar-refractivity contribution in [1.29, 1.82) is 0 Å². The van der Waals surface area contributed by atoms with Gasteiger partial charge in [-0.1, -0.05) is 30.3 Å². The monoisotopic (exact) mass is 436 g/mol. The van der Waals surface area contributed by atoms with E-state index in [1.807, 2.05) is 41.5 Å². The average Bonchev–Trinajstić information content (AvgIpc) is 3.19. The van der Waals surface area contributed by atoms with Gasteiger partial charge in [-0.2, -0.15) is 11.8 Å². The van der Waals surface area contributed by atoms with Crippen molar-refractivity contribution >= 4 is 29.5 Å². The molecule has 4 N–H and O–H groups in total. The van der Waals surface area contributed by atoms with E-state index in [-0.39, 0.29) is 30.9 Å². The molecule has 1 aliphatic heterocycles. The number of carboxylic acids is 1. The Bertz CT molecular complexity index is 704. The summed E-state index contributed by atoms with van der Waals surface area (Å²) in [5.74, 6) is -0.773. The third kappa shape index (κ3) is 7.62. The lowest BCUT2D eigenvalue weighted by atomic mass is 10.1. The molecule has 1 aliphatic rings. The van der Waals surface area contributed by atoms with E-state index in [0.717, 1.165) is 18.4 Å². The van der Waals surface area contributed by atoms with Crippen molar-refractivity contribution in [2.45, 2.75) is 37.9 Å². The number of thioether (sulfide) groups is 1. The molecule has 2 atom stereocenters. The Labute approximate surface area is 182 Å². The number of amides is 2. The van der Waals surface area contributed by atoms with E-state index in [0.29, 0.717) is 31.8 Å². The average molecular weight is 437 g/mol. The molecule has 0 aliphatic carbocycles. The van der Waals surface area contributed by atoms with Crippen molar-refractivity contribution < 1.29 is 19.5 Å². The summed E-state index contributed by atoms with van der Waals surface area (Å²) < 4.78 is 0. The summed E-state index contributed by atoms with van der Waals surface area (Å²) in [6.07, 6.45) is 4.06. The van der Waals surface area contributed by atoms with Crippen molar-refractivity contribution in [3.05, 3.63) is 35.9 Å². The summed E-state index contributed by atoms with van der Waals surface area (Å²) >= 11 is 1.54. The molecule has 9 heteroatoms. The number of aliphatic carboxylic acids is 1. The fraction of sp³-hybridized carbons (Fsp3) is 0.571. The van der Waals surface area contributed by atoms with Crippen LogP contribution in [0.3, 0.4) is 0 Å². The molecule has 0 spiro atoms. The standard InChI is InChI=1S/C21H32N4O4S/c1-30-11-9-18(21(28)29)23-19(26)15-24(13-16-6-3-2-4-7-16)14-17-8-5-10-25(17)20(27)12-22/h2-4,6-7,17-18H,5,8-15,22H2,1H3,(H,23,26)(H,28,29)/t17-,18-/m0/s1. The van der Waals surface area contributed by atoms with Gasteiger partial charge in [0.1, 0.15) is 6.04 Å². The van der Waals surface area contributed by atoms with E-state index in [9.17, 15) is 19.5 Å². The van der Waals surface area contributed by atoms with Gasteiger partial charge in [-0.05, 0) is 36.8 Å². The van der Waals surface area contributed by atoms with Crippen LogP contribution in [0, 0.1) is 0 Å². The van der Waals surface area contributed by atoms with Crippen LogP contribution in [0.25, 0.3) is 0 Å². The highest BCUT2D eigenvalue weighted by molar-refractivity contribution is 7.98. The fourth-order valence-corrected chi connectivity index (χ4v) is 4.20. The second-order valence-corrected chi connectivity index (χ2v) is 8.47. The molecule has 30 heavy (non-hydrogen) atoms. The maximum atomic E-state index is 12.6. The van der Waals surface area contributed by atoms with Crippen LogP contribution in [-0.4, -0.2) is 83.0 Å². The molecule has 0 radical (unpaired) electrons. The van der Waals surface area contributed by atoms with Crippen molar-refractivity contribution in [2.24, 2.45) is 5.73 Å². The maximum Gasteiger partial charge on any atom is 0.326 e. The van der Waals surface area contributed by atoms with Crippen LogP contribution >= 0.6 is 11.8 Å². The van der Waals surface area contributed by atoms with Crippen molar-refractivity contribution in [3.8, 4) is 0 Å². The van der Waals surface area contributed by atoms with Crippen LogP contribution in [0.15, 0.2) is 30.3 Å². The first-order valence-electron chi connectivity index (χ1n) is 10.2. The maximum absolute atomic E-state index is 12.6. The fourth-order valence-electron chi connectivity index (χ4n) is 3.73. The molecule has 8 nitrogen and oxygen atoms in total. The van der Waals surface area contributed by atoms with Crippen molar-refractivity contribution in [1.82, 2.24) is 15.1 Å². The molecule has 2 amide bonds. The SMILES string of the molecule is CSCC[C@H](NC(=O)CN(Cc1ccccc1)C[C@@H]1CCCN1C(=O)CN)C(=O)O. The van der Waals surface area contributed by atoms with Crippen molar-refractivity contribution in [2.75, 3.05) is 38.2 Å². The summed E-state index contributed by atoms with van der Waals surface area (Å²) in [4.78, 5) is 40.0. The third-order valence-corrected chi connectivity index (χ3v) is 5.85. The highest BCUT2D eigenvalue weighted by Gasteiger charge is 2.30. The molecule has 1 heterocycles. The predicted octanol–water partition coefficient (Wildman–Crippen LogP) is 0.761. The summed E-state index contributed by atoms with van der Waals surface area (Å²) in [7, 11) is 0. The van der Waals surface area contributed by atoms with Gasteiger partial charge in [0.2, 0.25) is 11.8 Å². The number of nitrogens with two attached hydrogens (primary N) is 1. The van der Waals surface area contributed by atoms with E-state index in [2.05, 4.69) is 5.32 Å². The Hall–Kier alpha value is -2.10. The topological polar surface area (TPSA) is 116 Å². The summed E-state index contributed by atoms with van der Waals surface area (Å²) in [5, 5.41) is 12.0. The molecule has 1 aromatic carbocycles. The Morgan fingerprint density at radius 2 is 2.07 bits per heavy atom. The zero-order chi connectivity index (χ0) is 21.9. The van der Waals surface area contributed by atoms with Gasteiger partial charge >= 0.3 is 5.97 Å². The molecular weight excluding hydrogens is 404 g/mol. The van der Waals surface area contributed by atoms with Gasteiger partial charge in [-0.25, -0.2) is 4.79 Å². The first kappa shape index (κ1) is 24.2. The van der Waals surface area contributed by atoms with Gasteiger partial charge in [-0.3, -0.25) is 14.5 Å². The first-order chi connectivity index (χ1) is 14.4. The van der Waals surface area contributed by atoms with Gasteiger partial charge in [0.15, 0.2) is 0 Å². The first-order valence-corrected chi connectivity index (χ1v) is 11.6. The number of benzene rings is 1. The molecule has 1 aromatic rings. The van der Waals surface area contributed by atoms with E-state index < -0.39 is 12.0 Å². The van der Waals surface area contributed by atoms with Gasteiger partial charge in [0, 0.05) is 25.7 Å². The molecule has 0 saturated carbocycles. The van der Waals surface area contributed by atoms with Crippen LogP contribution in [0.2, 0.25) is 0 Å². The number of likely N-dealkylation sites (tertiary alicyclic amines) is 1. The molecule has 2 rings (SSSR count). The number of nitrogens with one attached hydrogen (secondary N) is 1. The lowest BCUT2D eigenvalue weighted by Crippen LogP contribution is -2.49. The normalized spacial score (nSPS) is 17.2. The Balaban J connectivity index is 2.06. The number of carboxylic acid groups (broad SMARTS) is 1. The molecule has 1 fully saturated rings. The molecule has 166 valence electrons. The van der Waals surface area contributed by atoms with Crippen LogP contribution in [0.1, 0.15) is 24.8 Å². The third-order valence-electron chi connectivity index (χ3n) is 5.20. The van der Waals surface area contributed by atoms with Crippen LogP contribution in [-0.2, 0) is 20.9 Å². The number of rotatable bonds is 12. The minimum Gasteiger partial charge on any atom is -0.480 e. The van der Waals surface area contributed by atoms with Crippen LogP contribution in [0.4, 0.5) is 0 Å². The largest absolute Gasteiger partial charge is 0.480 e. The van der Waals surface area contributed by atoms with E-state index in [1.54, 1.807) is 16.7 Å². The smallest absolute Gasteiger partial charge is 0.326 e. The molecule has 0 bridgehead atoms. The summed E-state index contributed by atoms with van der Waals surface area (Å²) in [6.45, 7) is 1.81. The number of hydrogen-bond donors (Lipinski definition) is 3. The van der Waals surface area contributed by atoms with E-state index >= 15 is 0 Å². The summed E-state index contributed by atoms with van der Waals surface area (Å²) in [5.41, 5.74) is 6.60. The molecule has 1 saturated heterocycles. The molecule has 0 unspecified atom stereocenters. The van der Waals surface area contributed by atoms with Crippen LogP contribution < -0.4 is 11.1 Å². The predicted molar refractivity (Wildman–Crippen MR) is 118 cm³/mol. The second kappa shape index (κ2) is 12.6. The Morgan fingerprint density at radius 1 is 1.33 bits per heavy atom. The molecule has 0 aromatic heterocycles. The number of hydrogen-bond acceptors (Lipinski definition) is 6. The second-order valence-electron chi connectivity index (χ2n) is 7.48. The highest BCUT2D eigenvalue weighted by atomic mass is 32.2. The number of carbonyl (C=O) groups excluding carboxylic acids is 2. The highest BCUT2D eigenvalue weighted by Crippen LogP contribution is 2.19. The number of carbonyl (C=O) groups is 3. The lowest BCUT2D eigenvalue weighted by molar-refractivity contribution is -0.142. The zero-order valence-electron chi connectivity index (χ0n) is 17.5. The molecular formula is C21H32N4O4S. The van der Waals surface area contributed by atoms with Gasteiger partial charge < -0.3 is 21.1 Å². The minimum absolute atomic E-state index is 0.00400. The van der Waals surface area contributed by atoms with Crippen LogP contribution in [0.5, 0.6) is 0 Å². The quantitative estimate of drug-likeness (QED) is 0.443. The minimum atomic E-state index is -1.03. The van der Waals surface area contributed by atoms with E-state index in [1.165, 1.54) is 0 Å². The van der Waals surface area contributed by atoms with Crippen molar-refractivity contribution in [3.63, 3.8) is 0 Å². The van der Waals surface area contributed by atoms with Gasteiger partial charge in [0.25, 0.3) is 0 Å². The Kier molecular flexibility index (Phi) is 10.1. The lowest BCUT2D eigenvalue weighted by Gasteiger charge is -2.31. The zero-order valence-corrected chi connectivity index (χ0v) is 18.3. The Morgan fingerprint density at radius 3 is 2.70 bits per heavy atom. The van der Waals surface area contributed by atoms with E-state index in [4.69, 9.17) is 5.73 Å². The van der Waals surface area contributed by atoms with Gasteiger partial charge in [-0.15, -0.1) is 0 Å². The van der Waals surface area contributed by atoms with Gasteiger partial charge in [0.05, 0.1) is 13.1 Å². The summed E-state index contributed by atoms with van der Waals surface area (Å²) in [6, 6.07) is 8.89.